The standard InChI is InChI=1S/C16H25N3O3S/c1-13(16(20)17-12-14-6-4-3-5-7-14)19-10-8-15(9-11-19)18-23(2,21)22/h3-7,13,15,18H,8-12H2,1-2H3,(H,17,20). The fourth-order valence-electron chi connectivity index (χ4n) is 2.81. The number of nitrogens with one attached hydrogen (secondary N) is 2. The van der Waals surface area contributed by atoms with Crippen molar-refractivity contribution >= 4 is 15.9 Å². The molecule has 0 saturated carbocycles. The van der Waals surface area contributed by atoms with Gasteiger partial charge in [-0.15, -0.1) is 0 Å². The Balaban J connectivity index is 1.77. The van der Waals surface area contributed by atoms with Crippen molar-refractivity contribution in [3.63, 3.8) is 0 Å². The third kappa shape index (κ3) is 5.93. The second kappa shape index (κ2) is 7.90. The molecule has 0 aliphatic carbocycles. The Kier molecular flexibility index (Phi) is 6.15. The molecule has 1 amide bonds. The van der Waals surface area contributed by atoms with Crippen LogP contribution in [0.25, 0.3) is 0 Å². The van der Waals surface area contributed by atoms with Crippen molar-refractivity contribution in [1.82, 2.24) is 14.9 Å². The zero-order chi connectivity index (χ0) is 16.9. The summed E-state index contributed by atoms with van der Waals surface area (Å²) in [5.41, 5.74) is 1.07. The maximum absolute atomic E-state index is 12.3. The van der Waals surface area contributed by atoms with Crippen molar-refractivity contribution in [3.8, 4) is 0 Å². The van der Waals surface area contributed by atoms with Gasteiger partial charge < -0.3 is 5.32 Å². The molecule has 6 nitrogen and oxygen atoms in total. The average Bonchev–Trinajstić information content (AvgIpc) is 2.52. The fraction of sp³-hybridized carbons (Fsp3) is 0.562. The van der Waals surface area contributed by atoms with Gasteiger partial charge in [0.25, 0.3) is 0 Å². The monoisotopic (exact) mass is 339 g/mol. The Morgan fingerprint density at radius 1 is 1.26 bits per heavy atom. The number of hydrogen-bond acceptors (Lipinski definition) is 4. The van der Waals surface area contributed by atoms with E-state index in [2.05, 4.69) is 14.9 Å². The lowest BCUT2D eigenvalue weighted by Crippen LogP contribution is -2.51. The van der Waals surface area contributed by atoms with Gasteiger partial charge in [0.15, 0.2) is 0 Å². The lowest BCUT2D eigenvalue weighted by Gasteiger charge is -2.35. The van der Waals surface area contributed by atoms with E-state index in [0.29, 0.717) is 19.6 Å². The highest BCUT2D eigenvalue weighted by Gasteiger charge is 2.27. The Bertz CT molecular complexity index is 611. The predicted octanol–water partition coefficient (Wildman–Crippen LogP) is 0.705. The minimum atomic E-state index is -3.16. The highest BCUT2D eigenvalue weighted by molar-refractivity contribution is 7.88. The van der Waals surface area contributed by atoms with Gasteiger partial charge >= 0.3 is 0 Å². The Morgan fingerprint density at radius 3 is 2.43 bits per heavy atom. The van der Waals surface area contributed by atoms with Crippen LogP contribution in [0.5, 0.6) is 0 Å². The first-order valence-electron chi connectivity index (χ1n) is 7.88. The summed E-state index contributed by atoms with van der Waals surface area (Å²) >= 11 is 0. The first-order valence-corrected chi connectivity index (χ1v) is 9.77. The number of carbonyl (C=O) groups is 1. The number of piperidine rings is 1. The van der Waals surface area contributed by atoms with Crippen molar-refractivity contribution in [3.05, 3.63) is 35.9 Å². The molecule has 1 aromatic rings. The van der Waals surface area contributed by atoms with Crippen LogP contribution in [0.15, 0.2) is 30.3 Å². The number of carbonyl (C=O) groups excluding carboxylic acids is 1. The van der Waals surface area contributed by atoms with Crippen LogP contribution in [0.1, 0.15) is 25.3 Å². The number of likely N-dealkylation sites (tertiary alicyclic amines) is 1. The molecule has 0 bridgehead atoms. The van der Waals surface area contributed by atoms with E-state index in [4.69, 9.17) is 0 Å². The highest BCUT2D eigenvalue weighted by atomic mass is 32.2. The van der Waals surface area contributed by atoms with Gasteiger partial charge in [0.2, 0.25) is 15.9 Å². The van der Waals surface area contributed by atoms with E-state index in [1.54, 1.807) is 0 Å². The summed E-state index contributed by atoms with van der Waals surface area (Å²) in [5.74, 6) is 0.00313. The van der Waals surface area contributed by atoms with E-state index in [1.165, 1.54) is 6.26 Å². The number of sulfonamides is 1. The quantitative estimate of drug-likeness (QED) is 0.800. The van der Waals surface area contributed by atoms with Gasteiger partial charge in [0, 0.05) is 25.7 Å². The molecule has 1 fully saturated rings. The van der Waals surface area contributed by atoms with Gasteiger partial charge in [-0.3, -0.25) is 9.69 Å². The van der Waals surface area contributed by atoms with E-state index in [1.807, 2.05) is 37.3 Å². The van der Waals surface area contributed by atoms with Crippen LogP contribution in [0, 0.1) is 0 Å². The zero-order valence-electron chi connectivity index (χ0n) is 13.7. The van der Waals surface area contributed by atoms with Gasteiger partial charge in [0.05, 0.1) is 12.3 Å². The van der Waals surface area contributed by atoms with Gasteiger partial charge in [-0.2, -0.15) is 0 Å². The van der Waals surface area contributed by atoms with Crippen LogP contribution in [0.3, 0.4) is 0 Å². The van der Waals surface area contributed by atoms with Gasteiger partial charge in [0.1, 0.15) is 0 Å². The maximum atomic E-state index is 12.3. The molecule has 0 aromatic heterocycles. The molecular formula is C16H25N3O3S. The second-order valence-electron chi connectivity index (χ2n) is 6.08. The van der Waals surface area contributed by atoms with Crippen molar-refractivity contribution < 1.29 is 13.2 Å². The lowest BCUT2D eigenvalue weighted by atomic mass is 10.0. The number of nitrogens with zero attached hydrogens (tertiary/aromatic N) is 1. The fourth-order valence-corrected chi connectivity index (χ4v) is 3.65. The summed E-state index contributed by atoms with van der Waals surface area (Å²) in [6.45, 7) is 3.85. The summed E-state index contributed by atoms with van der Waals surface area (Å²) in [4.78, 5) is 14.4. The minimum absolute atomic E-state index is 0.00313. The summed E-state index contributed by atoms with van der Waals surface area (Å²) < 4.78 is 25.1. The molecule has 0 spiro atoms. The molecule has 2 rings (SSSR count). The third-order valence-corrected chi connectivity index (χ3v) is 4.91. The predicted molar refractivity (Wildman–Crippen MR) is 90.3 cm³/mol. The van der Waals surface area contributed by atoms with Crippen molar-refractivity contribution in [2.75, 3.05) is 19.3 Å². The first kappa shape index (κ1) is 17.9. The summed E-state index contributed by atoms with van der Waals surface area (Å²) in [7, 11) is -3.16. The van der Waals surface area contributed by atoms with E-state index in [9.17, 15) is 13.2 Å². The van der Waals surface area contributed by atoms with Gasteiger partial charge in [-0.05, 0) is 25.3 Å². The van der Waals surface area contributed by atoms with Crippen LogP contribution in [-0.4, -0.2) is 50.7 Å². The molecule has 1 heterocycles. The Labute approximate surface area is 138 Å². The molecule has 1 aromatic carbocycles. The topological polar surface area (TPSA) is 78.5 Å². The molecule has 7 heteroatoms. The van der Waals surface area contributed by atoms with Crippen molar-refractivity contribution in [2.24, 2.45) is 0 Å². The number of amides is 1. The molecule has 1 saturated heterocycles. The van der Waals surface area contributed by atoms with E-state index in [0.717, 1.165) is 18.4 Å². The highest BCUT2D eigenvalue weighted by Crippen LogP contribution is 2.14. The number of benzene rings is 1. The largest absolute Gasteiger partial charge is 0.351 e. The van der Waals surface area contributed by atoms with E-state index in [-0.39, 0.29) is 18.0 Å². The van der Waals surface area contributed by atoms with Crippen LogP contribution in [0.4, 0.5) is 0 Å². The number of rotatable bonds is 6. The molecular weight excluding hydrogens is 314 g/mol. The molecule has 23 heavy (non-hydrogen) atoms. The van der Waals surface area contributed by atoms with Crippen LogP contribution < -0.4 is 10.0 Å². The van der Waals surface area contributed by atoms with Crippen molar-refractivity contribution in [2.45, 2.75) is 38.4 Å². The SMILES string of the molecule is CC(C(=O)NCc1ccccc1)N1CCC(NS(C)(=O)=O)CC1. The summed E-state index contributed by atoms with van der Waals surface area (Å²) in [6.07, 6.45) is 2.63. The minimum Gasteiger partial charge on any atom is -0.351 e. The molecule has 128 valence electrons. The van der Waals surface area contributed by atoms with E-state index >= 15 is 0 Å². The number of hydrogen-bond donors (Lipinski definition) is 2. The lowest BCUT2D eigenvalue weighted by molar-refractivity contribution is -0.126. The van der Waals surface area contributed by atoms with Crippen molar-refractivity contribution in [1.29, 1.82) is 0 Å². The molecule has 1 unspecified atom stereocenters. The van der Waals surface area contributed by atoms with Crippen LogP contribution in [-0.2, 0) is 21.4 Å². The molecule has 1 aliphatic heterocycles. The Morgan fingerprint density at radius 2 is 1.87 bits per heavy atom. The average molecular weight is 339 g/mol. The molecule has 0 radical (unpaired) electrons. The van der Waals surface area contributed by atoms with Gasteiger partial charge in [-0.1, -0.05) is 30.3 Å². The van der Waals surface area contributed by atoms with Crippen LogP contribution in [0.2, 0.25) is 0 Å². The Hall–Kier alpha value is -1.44. The summed E-state index contributed by atoms with van der Waals surface area (Å²) in [6, 6.07) is 9.57. The first-order chi connectivity index (χ1) is 10.8. The molecule has 1 aliphatic rings. The normalized spacial score (nSPS) is 18.5. The van der Waals surface area contributed by atoms with Crippen LogP contribution >= 0.6 is 0 Å². The molecule has 2 N–H and O–H groups in total. The van der Waals surface area contributed by atoms with E-state index < -0.39 is 10.0 Å². The maximum Gasteiger partial charge on any atom is 0.237 e. The zero-order valence-corrected chi connectivity index (χ0v) is 14.5. The third-order valence-electron chi connectivity index (χ3n) is 4.15. The smallest absolute Gasteiger partial charge is 0.237 e. The van der Waals surface area contributed by atoms with Gasteiger partial charge in [-0.25, -0.2) is 13.1 Å². The molecule has 1 atom stereocenters. The second-order valence-corrected chi connectivity index (χ2v) is 7.86. The summed E-state index contributed by atoms with van der Waals surface area (Å²) in [5, 5.41) is 2.95.